The molecule has 0 aliphatic rings. The van der Waals surface area contributed by atoms with Crippen molar-refractivity contribution in [1.29, 1.82) is 0 Å². The lowest BCUT2D eigenvalue weighted by Crippen LogP contribution is -2.32. The molecule has 8 heteroatoms. The van der Waals surface area contributed by atoms with Crippen LogP contribution in [0.2, 0.25) is 0 Å². The first-order valence-corrected chi connectivity index (χ1v) is 10.7. The van der Waals surface area contributed by atoms with Gasteiger partial charge in [0.05, 0.1) is 6.54 Å². The highest BCUT2D eigenvalue weighted by atomic mass is 79.9. The zero-order valence-corrected chi connectivity index (χ0v) is 17.0. The second-order valence-corrected chi connectivity index (χ2v) is 8.13. The number of hydrogen-bond acceptors (Lipinski definition) is 4. The van der Waals surface area contributed by atoms with Crippen molar-refractivity contribution in [2.45, 2.75) is 6.42 Å². The summed E-state index contributed by atoms with van der Waals surface area (Å²) in [5.41, 5.74) is 0.783. The molecule has 6 nitrogen and oxygen atoms in total. The third-order valence-electron chi connectivity index (χ3n) is 3.38. The zero-order valence-electron chi connectivity index (χ0n) is 14.6. The lowest BCUT2D eigenvalue weighted by molar-refractivity contribution is -0.121. The molecule has 2 aromatic carbocycles. The van der Waals surface area contributed by atoms with Crippen LogP contribution < -0.4 is 14.8 Å². The molecule has 0 heterocycles. The van der Waals surface area contributed by atoms with Gasteiger partial charge in [-0.15, -0.1) is 0 Å². The topological polar surface area (TPSA) is 84.5 Å². The molecule has 27 heavy (non-hydrogen) atoms. The van der Waals surface area contributed by atoms with E-state index in [0.29, 0.717) is 18.9 Å². The molecule has 2 N–H and O–H groups in total. The van der Waals surface area contributed by atoms with Crippen molar-refractivity contribution in [1.82, 2.24) is 10.0 Å². The maximum absolute atomic E-state index is 11.9. The van der Waals surface area contributed by atoms with Gasteiger partial charge in [0, 0.05) is 22.8 Å². The molecule has 0 aliphatic carbocycles. The average Bonchev–Trinajstić information content (AvgIpc) is 2.64. The minimum absolute atomic E-state index is 0.0276. The van der Waals surface area contributed by atoms with Crippen LogP contribution >= 0.6 is 15.9 Å². The highest BCUT2D eigenvalue weighted by molar-refractivity contribution is 9.10. The van der Waals surface area contributed by atoms with Crippen molar-refractivity contribution in [3.8, 4) is 5.75 Å². The smallest absolute Gasteiger partial charge is 0.233 e. The number of sulfonamides is 1. The summed E-state index contributed by atoms with van der Waals surface area (Å²) in [6, 6.07) is 16.5. The Hall–Kier alpha value is -2.16. The maximum atomic E-state index is 11.9. The van der Waals surface area contributed by atoms with E-state index < -0.39 is 10.0 Å². The predicted octanol–water partition coefficient (Wildman–Crippen LogP) is 2.92. The van der Waals surface area contributed by atoms with E-state index in [2.05, 4.69) is 26.0 Å². The Balaban J connectivity index is 1.63. The van der Waals surface area contributed by atoms with Crippen molar-refractivity contribution in [2.24, 2.45) is 0 Å². The molecule has 0 radical (unpaired) electrons. The summed E-state index contributed by atoms with van der Waals surface area (Å²) in [6.45, 7) is 0.694. The van der Waals surface area contributed by atoms with Crippen LogP contribution in [-0.4, -0.2) is 34.0 Å². The lowest BCUT2D eigenvalue weighted by atomic mass is 10.2. The molecule has 144 valence electrons. The van der Waals surface area contributed by atoms with Gasteiger partial charge in [-0.25, -0.2) is 13.1 Å². The van der Waals surface area contributed by atoms with E-state index >= 15 is 0 Å². The van der Waals surface area contributed by atoms with Crippen molar-refractivity contribution in [3.63, 3.8) is 0 Å². The van der Waals surface area contributed by atoms with Gasteiger partial charge in [0.25, 0.3) is 0 Å². The number of halogens is 1. The number of ether oxygens (including phenoxy) is 1. The van der Waals surface area contributed by atoms with Crippen LogP contribution in [0.4, 0.5) is 0 Å². The molecule has 2 aromatic rings. The Morgan fingerprint density at radius 3 is 2.59 bits per heavy atom. The zero-order chi connectivity index (χ0) is 19.5. The van der Waals surface area contributed by atoms with E-state index in [-0.39, 0.29) is 18.9 Å². The second kappa shape index (κ2) is 10.9. The molecule has 0 aromatic heterocycles. The lowest BCUT2D eigenvalue weighted by Gasteiger charge is -2.08. The quantitative estimate of drug-likeness (QED) is 0.542. The number of benzene rings is 2. The summed E-state index contributed by atoms with van der Waals surface area (Å²) < 4.78 is 32.5. The van der Waals surface area contributed by atoms with Crippen molar-refractivity contribution >= 4 is 37.9 Å². The molecule has 0 aliphatic heterocycles. The fourth-order valence-electron chi connectivity index (χ4n) is 2.09. The van der Waals surface area contributed by atoms with Crippen LogP contribution in [-0.2, 0) is 14.8 Å². The Bertz CT molecular complexity index is 870. The fraction of sp³-hybridized carbons (Fsp3) is 0.211. The summed E-state index contributed by atoms with van der Waals surface area (Å²) >= 11 is 3.35. The van der Waals surface area contributed by atoms with Crippen LogP contribution in [0.3, 0.4) is 0 Å². The number of amides is 1. The minimum Gasteiger partial charge on any atom is -0.492 e. The molecule has 0 atom stereocenters. The first-order valence-electron chi connectivity index (χ1n) is 8.32. The van der Waals surface area contributed by atoms with Gasteiger partial charge in [0.15, 0.2) is 0 Å². The summed E-state index contributed by atoms with van der Waals surface area (Å²) in [5.74, 6) is 0.458. The molecule has 0 unspecified atom stereocenters. The van der Waals surface area contributed by atoms with E-state index in [1.807, 2.05) is 42.5 Å². The molecule has 0 bridgehead atoms. The minimum atomic E-state index is -3.58. The van der Waals surface area contributed by atoms with Gasteiger partial charge in [-0.2, -0.15) is 0 Å². The first kappa shape index (κ1) is 21.1. The Kier molecular flexibility index (Phi) is 8.50. The fourth-order valence-corrected chi connectivity index (χ4v) is 3.29. The summed E-state index contributed by atoms with van der Waals surface area (Å²) in [5, 5.41) is 3.77. The largest absolute Gasteiger partial charge is 0.492 e. The van der Waals surface area contributed by atoms with Gasteiger partial charge < -0.3 is 10.1 Å². The summed E-state index contributed by atoms with van der Waals surface area (Å²) in [6.07, 6.45) is 1.55. The number of nitrogens with one attached hydrogen (secondary N) is 2. The van der Waals surface area contributed by atoms with Crippen molar-refractivity contribution in [3.05, 3.63) is 70.0 Å². The van der Waals surface area contributed by atoms with Gasteiger partial charge >= 0.3 is 0 Å². The number of carbonyl (C=O) groups excluding carboxylic acids is 1. The third-order valence-corrected chi connectivity index (χ3v) is 4.98. The predicted molar refractivity (Wildman–Crippen MR) is 110 cm³/mol. The standard InChI is InChI=1S/C19H21BrN2O4S/c20-17-7-4-8-18(15-17)26-13-12-21-19(23)9-11-22-27(24,25)14-10-16-5-2-1-3-6-16/h1-8,10,14-15,22H,9,11-13H2,(H,21,23)/b14-10+. The SMILES string of the molecule is O=C(CCNS(=O)(=O)/C=C/c1ccccc1)NCCOc1cccc(Br)c1. The normalized spacial score (nSPS) is 11.4. The van der Waals surface area contributed by atoms with Gasteiger partial charge in [-0.05, 0) is 29.8 Å². The second-order valence-electron chi connectivity index (χ2n) is 5.56. The van der Waals surface area contributed by atoms with Crippen molar-refractivity contribution in [2.75, 3.05) is 19.7 Å². The first-order chi connectivity index (χ1) is 12.9. The summed E-state index contributed by atoms with van der Waals surface area (Å²) in [4.78, 5) is 11.7. The van der Waals surface area contributed by atoms with E-state index in [9.17, 15) is 13.2 Å². The van der Waals surface area contributed by atoms with Crippen LogP contribution in [0.5, 0.6) is 5.75 Å². The highest BCUT2D eigenvalue weighted by Gasteiger charge is 2.07. The molecular formula is C19H21BrN2O4S. The van der Waals surface area contributed by atoms with E-state index in [1.165, 1.54) is 6.08 Å². The average molecular weight is 453 g/mol. The monoisotopic (exact) mass is 452 g/mol. The van der Waals surface area contributed by atoms with Gasteiger partial charge in [-0.3, -0.25) is 4.79 Å². The molecule has 1 amide bonds. The molecular weight excluding hydrogens is 432 g/mol. The molecule has 0 fully saturated rings. The Morgan fingerprint density at radius 2 is 1.85 bits per heavy atom. The van der Waals surface area contributed by atoms with Crippen LogP contribution in [0.1, 0.15) is 12.0 Å². The van der Waals surface area contributed by atoms with Crippen LogP contribution in [0.25, 0.3) is 6.08 Å². The van der Waals surface area contributed by atoms with E-state index in [4.69, 9.17) is 4.74 Å². The van der Waals surface area contributed by atoms with Gasteiger partial charge in [-0.1, -0.05) is 52.3 Å². The number of carbonyl (C=O) groups is 1. The Morgan fingerprint density at radius 1 is 1.07 bits per heavy atom. The third kappa shape index (κ3) is 8.85. The molecule has 0 saturated carbocycles. The van der Waals surface area contributed by atoms with Gasteiger partial charge in [0.2, 0.25) is 15.9 Å². The summed E-state index contributed by atoms with van der Waals surface area (Å²) in [7, 11) is -3.58. The van der Waals surface area contributed by atoms with Gasteiger partial charge in [0.1, 0.15) is 12.4 Å². The van der Waals surface area contributed by atoms with E-state index in [1.54, 1.807) is 12.1 Å². The molecule has 2 rings (SSSR count). The van der Waals surface area contributed by atoms with Crippen LogP contribution in [0.15, 0.2) is 64.5 Å². The number of rotatable bonds is 10. The van der Waals surface area contributed by atoms with E-state index in [0.717, 1.165) is 15.4 Å². The number of hydrogen-bond donors (Lipinski definition) is 2. The maximum Gasteiger partial charge on any atom is 0.233 e. The van der Waals surface area contributed by atoms with Crippen molar-refractivity contribution < 1.29 is 17.9 Å². The Labute approximate surface area is 167 Å². The molecule has 0 spiro atoms. The highest BCUT2D eigenvalue weighted by Crippen LogP contribution is 2.17. The van der Waals surface area contributed by atoms with Crippen LogP contribution in [0, 0.1) is 0 Å². The molecule has 0 saturated heterocycles.